The van der Waals surface area contributed by atoms with Gasteiger partial charge in [-0.2, -0.15) is 13.2 Å². The second-order valence-corrected chi connectivity index (χ2v) is 7.51. The molecule has 2 aromatic carbocycles. The van der Waals surface area contributed by atoms with Crippen LogP contribution in [0.4, 0.5) is 23.5 Å². The molecule has 166 valence electrons. The number of aromatic nitrogens is 2. The highest BCUT2D eigenvalue weighted by Crippen LogP contribution is 2.27. The number of hydrogen-bond acceptors (Lipinski definition) is 4. The first-order chi connectivity index (χ1) is 15.3. The Kier molecular flexibility index (Phi) is 6.07. The minimum absolute atomic E-state index is 0.0652. The summed E-state index contributed by atoms with van der Waals surface area (Å²) in [5, 5.41) is 0. The molecule has 2 heterocycles. The van der Waals surface area contributed by atoms with Crippen molar-refractivity contribution >= 4 is 11.9 Å². The van der Waals surface area contributed by atoms with Crippen LogP contribution in [0.25, 0.3) is 11.1 Å². The molecular formula is C23H20F4N4O. The van der Waals surface area contributed by atoms with Crippen LogP contribution >= 0.6 is 0 Å². The molecule has 1 saturated heterocycles. The molecule has 0 atom stereocenters. The van der Waals surface area contributed by atoms with E-state index in [9.17, 15) is 22.4 Å². The van der Waals surface area contributed by atoms with Gasteiger partial charge in [-0.3, -0.25) is 4.79 Å². The van der Waals surface area contributed by atoms with Crippen LogP contribution in [-0.2, 0) is 6.42 Å². The minimum atomic E-state index is -4.32. The van der Waals surface area contributed by atoms with Crippen molar-refractivity contribution in [3.8, 4) is 11.1 Å². The Labute approximate surface area is 182 Å². The molecule has 3 aromatic rings. The first-order valence-electron chi connectivity index (χ1n) is 10.1. The van der Waals surface area contributed by atoms with Gasteiger partial charge >= 0.3 is 6.18 Å². The number of carbonyl (C=O) groups is 1. The third-order valence-corrected chi connectivity index (χ3v) is 5.27. The molecule has 0 saturated carbocycles. The topological polar surface area (TPSA) is 49.3 Å². The van der Waals surface area contributed by atoms with Gasteiger partial charge < -0.3 is 9.80 Å². The molecule has 32 heavy (non-hydrogen) atoms. The van der Waals surface area contributed by atoms with E-state index in [0.717, 1.165) is 0 Å². The Bertz CT molecular complexity index is 1100. The molecule has 1 aromatic heterocycles. The van der Waals surface area contributed by atoms with Crippen LogP contribution in [0.1, 0.15) is 15.9 Å². The zero-order chi connectivity index (χ0) is 22.7. The standard InChI is InChI=1S/C23H20F4N4O/c24-20-14-18(17-4-1-3-16(13-17)15-23(25,26)27)5-6-19(20)21(32)30-9-11-31(12-10-30)22-28-7-2-8-29-22/h1-8,13-14H,9-12,15H2. The molecule has 0 unspecified atom stereocenters. The van der Waals surface area contributed by atoms with E-state index in [-0.39, 0.29) is 11.1 Å². The summed E-state index contributed by atoms with van der Waals surface area (Å²) >= 11 is 0. The van der Waals surface area contributed by atoms with Gasteiger partial charge in [0, 0.05) is 38.6 Å². The van der Waals surface area contributed by atoms with Crippen molar-refractivity contribution < 1.29 is 22.4 Å². The lowest BCUT2D eigenvalue weighted by atomic mass is 10.00. The van der Waals surface area contributed by atoms with Crippen molar-refractivity contribution in [2.24, 2.45) is 0 Å². The molecule has 1 aliphatic rings. The number of halogens is 4. The summed E-state index contributed by atoms with van der Waals surface area (Å²) in [7, 11) is 0. The van der Waals surface area contributed by atoms with E-state index in [1.165, 1.54) is 30.3 Å². The van der Waals surface area contributed by atoms with Crippen molar-refractivity contribution in [2.75, 3.05) is 31.1 Å². The molecule has 0 aliphatic carbocycles. The Morgan fingerprint density at radius 1 is 0.906 bits per heavy atom. The summed E-state index contributed by atoms with van der Waals surface area (Å²) in [5.41, 5.74) is 0.899. The molecule has 0 bridgehead atoms. The van der Waals surface area contributed by atoms with Gasteiger partial charge in [0.05, 0.1) is 12.0 Å². The number of alkyl halides is 3. The van der Waals surface area contributed by atoms with Crippen LogP contribution < -0.4 is 4.90 Å². The van der Waals surface area contributed by atoms with Gasteiger partial charge in [-0.25, -0.2) is 14.4 Å². The molecule has 5 nitrogen and oxygen atoms in total. The molecular weight excluding hydrogens is 424 g/mol. The van der Waals surface area contributed by atoms with Gasteiger partial charge in [-0.05, 0) is 34.9 Å². The van der Waals surface area contributed by atoms with Crippen molar-refractivity contribution in [2.45, 2.75) is 12.6 Å². The smallest absolute Gasteiger partial charge is 0.337 e. The maximum Gasteiger partial charge on any atom is 0.393 e. The summed E-state index contributed by atoms with van der Waals surface area (Å²) in [6.07, 6.45) is -2.08. The van der Waals surface area contributed by atoms with Crippen molar-refractivity contribution in [1.82, 2.24) is 14.9 Å². The lowest BCUT2D eigenvalue weighted by molar-refractivity contribution is -0.127. The van der Waals surface area contributed by atoms with Gasteiger partial charge in [0.1, 0.15) is 5.82 Å². The minimum Gasteiger partial charge on any atom is -0.337 e. The van der Waals surface area contributed by atoms with Gasteiger partial charge in [-0.15, -0.1) is 0 Å². The van der Waals surface area contributed by atoms with Crippen LogP contribution in [0.2, 0.25) is 0 Å². The van der Waals surface area contributed by atoms with E-state index >= 15 is 0 Å². The normalized spacial score (nSPS) is 14.5. The van der Waals surface area contributed by atoms with Gasteiger partial charge in [-0.1, -0.05) is 30.3 Å². The van der Waals surface area contributed by atoms with E-state index in [2.05, 4.69) is 9.97 Å². The van der Waals surface area contributed by atoms with Crippen LogP contribution in [0.3, 0.4) is 0 Å². The number of hydrogen-bond donors (Lipinski definition) is 0. The van der Waals surface area contributed by atoms with Gasteiger partial charge in [0.25, 0.3) is 5.91 Å². The first-order valence-corrected chi connectivity index (χ1v) is 10.1. The Morgan fingerprint density at radius 3 is 2.25 bits per heavy atom. The van der Waals surface area contributed by atoms with Crippen LogP contribution in [0, 0.1) is 5.82 Å². The van der Waals surface area contributed by atoms with Crippen molar-refractivity contribution in [3.63, 3.8) is 0 Å². The molecule has 1 aliphatic heterocycles. The second kappa shape index (κ2) is 8.94. The molecule has 0 N–H and O–H groups in total. The highest BCUT2D eigenvalue weighted by Gasteiger charge is 2.28. The molecule has 4 rings (SSSR count). The van der Waals surface area contributed by atoms with E-state index < -0.39 is 24.3 Å². The molecule has 9 heteroatoms. The quantitative estimate of drug-likeness (QED) is 0.562. The predicted octanol–water partition coefficient (Wildman–Crippen LogP) is 4.35. The van der Waals surface area contributed by atoms with Crippen LogP contribution in [-0.4, -0.2) is 53.1 Å². The number of piperazine rings is 1. The zero-order valence-corrected chi connectivity index (χ0v) is 17.0. The maximum atomic E-state index is 14.8. The summed E-state index contributed by atoms with van der Waals surface area (Å²) in [4.78, 5) is 24.8. The number of rotatable bonds is 4. The highest BCUT2D eigenvalue weighted by atomic mass is 19.4. The Balaban J connectivity index is 1.46. The fraction of sp³-hybridized carbons (Fsp3) is 0.261. The van der Waals surface area contributed by atoms with E-state index in [0.29, 0.717) is 43.3 Å². The molecule has 1 amide bonds. The SMILES string of the molecule is O=C(c1ccc(-c2cccc(CC(F)(F)F)c2)cc1F)N1CCN(c2ncccn2)CC1. The van der Waals surface area contributed by atoms with Crippen molar-refractivity contribution in [1.29, 1.82) is 0 Å². The van der Waals surface area contributed by atoms with Crippen molar-refractivity contribution in [3.05, 3.63) is 77.9 Å². The number of amides is 1. The Morgan fingerprint density at radius 2 is 1.59 bits per heavy atom. The summed E-state index contributed by atoms with van der Waals surface area (Å²) in [6.45, 7) is 1.86. The maximum absolute atomic E-state index is 14.8. The third kappa shape index (κ3) is 5.04. The van der Waals surface area contributed by atoms with Gasteiger partial charge in [0.2, 0.25) is 5.95 Å². The number of carbonyl (C=O) groups excluding carboxylic acids is 1. The molecule has 0 spiro atoms. The summed E-state index contributed by atoms with van der Waals surface area (Å²) in [6, 6.07) is 11.7. The average Bonchev–Trinajstić information content (AvgIpc) is 2.78. The number of anilines is 1. The summed E-state index contributed by atoms with van der Waals surface area (Å²) < 4.78 is 52.8. The zero-order valence-electron chi connectivity index (χ0n) is 17.0. The van der Waals surface area contributed by atoms with Crippen LogP contribution in [0.5, 0.6) is 0 Å². The largest absolute Gasteiger partial charge is 0.393 e. The Hall–Kier alpha value is -3.49. The number of nitrogens with zero attached hydrogens (tertiary/aromatic N) is 4. The monoisotopic (exact) mass is 444 g/mol. The van der Waals surface area contributed by atoms with Gasteiger partial charge in [0.15, 0.2) is 0 Å². The fourth-order valence-corrected chi connectivity index (χ4v) is 3.69. The molecule has 1 fully saturated rings. The van der Waals surface area contributed by atoms with E-state index in [4.69, 9.17) is 0 Å². The fourth-order valence-electron chi connectivity index (χ4n) is 3.69. The van der Waals surface area contributed by atoms with Crippen LogP contribution in [0.15, 0.2) is 60.9 Å². The van der Waals surface area contributed by atoms with E-state index in [1.807, 2.05) is 4.90 Å². The lowest BCUT2D eigenvalue weighted by Crippen LogP contribution is -2.49. The average molecular weight is 444 g/mol. The predicted molar refractivity (Wildman–Crippen MR) is 112 cm³/mol. The summed E-state index contributed by atoms with van der Waals surface area (Å²) in [5.74, 6) is -0.543. The molecule has 0 radical (unpaired) electrons. The third-order valence-electron chi connectivity index (χ3n) is 5.27. The lowest BCUT2D eigenvalue weighted by Gasteiger charge is -2.34. The second-order valence-electron chi connectivity index (χ2n) is 7.51. The number of benzene rings is 2. The highest BCUT2D eigenvalue weighted by molar-refractivity contribution is 5.95. The first kappa shape index (κ1) is 21.7. The van der Waals surface area contributed by atoms with E-state index in [1.54, 1.807) is 35.5 Å².